The minimum Gasteiger partial charge on any atom is -0.492 e. The molecule has 0 aliphatic rings. The van der Waals surface area contributed by atoms with Gasteiger partial charge in [0.2, 0.25) is 0 Å². The van der Waals surface area contributed by atoms with Gasteiger partial charge in [-0.2, -0.15) is 0 Å². The summed E-state index contributed by atoms with van der Waals surface area (Å²) in [5.74, 6) is -0.528. The average molecular weight is 373 g/mol. The van der Waals surface area contributed by atoms with Crippen LogP contribution >= 0.6 is 15.9 Å². The molecule has 2 atom stereocenters. The summed E-state index contributed by atoms with van der Waals surface area (Å²) < 4.78 is 57.1. The van der Waals surface area contributed by atoms with E-state index in [0.29, 0.717) is 12.2 Å². The van der Waals surface area contributed by atoms with Gasteiger partial charge >= 0.3 is 6.36 Å². The van der Waals surface area contributed by atoms with E-state index < -0.39 is 18.4 Å². The number of halogens is 4. The predicted molar refractivity (Wildman–Crippen MR) is 73.5 cm³/mol. The largest absolute Gasteiger partial charge is 0.573 e. The fraction of sp³-hybridized carbons (Fsp3) is 0.538. The number of ether oxygens (including phenoxy) is 4. The summed E-state index contributed by atoms with van der Waals surface area (Å²) in [7, 11) is 1.25. The van der Waals surface area contributed by atoms with Crippen LogP contribution < -0.4 is 9.47 Å². The number of para-hydroxylation sites is 1. The number of rotatable bonds is 7. The van der Waals surface area contributed by atoms with Gasteiger partial charge < -0.3 is 18.9 Å². The summed E-state index contributed by atoms with van der Waals surface area (Å²) in [6.45, 7) is 3.78. The molecular weight excluding hydrogens is 357 g/mol. The SMILES string of the molecule is CCOC(OC(C)Br)c1cccc(OC(F)(F)F)c1OC. The predicted octanol–water partition coefficient (Wildman–Crippen LogP) is 4.39. The summed E-state index contributed by atoms with van der Waals surface area (Å²) in [6, 6.07) is 4.13. The highest BCUT2D eigenvalue weighted by Crippen LogP contribution is 2.39. The lowest BCUT2D eigenvalue weighted by atomic mass is 10.1. The molecule has 0 spiro atoms. The van der Waals surface area contributed by atoms with Crippen molar-refractivity contribution in [2.24, 2.45) is 0 Å². The van der Waals surface area contributed by atoms with Gasteiger partial charge in [-0.15, -0.1) is 13.2 Å². The Labute approximate surface area is 129 Å². The summed E-state index contributed by atoms with van der Waals surface area (Å²) in [5, 5.41) is -0.356. The van der Waals surface area contributed by atoms with Crippen LogP contribution in [0, 0.1) is 0 Å². The molecule has 120 valence electrons. The van der Waals surface area contributed by atoms with E-state index in [1.54, 1.807) is 19.9 Å². The Bertz CT molecular complexity index is 452. The molecule has 1 rings (SSSR count). The quantitative estimate of drug-likeness (QED) is 0.525. The molecule has 8 heteroatoms. The van der Waals surface area contributed by atoms with Crippen LogP contribution in [0.5, 0.6) is 11.5 Å². The van der Waals surface area contributed by atoms with Gasteiger partial charge in [0, 0.05) is 6.61 Å². The van der Waals surface area contributed by atoms with Crippen molar-refractivity contribution in [3.63, 3.8) is 0 Å². The van der Waals surface area contributed by atoms with Gasteiger partial charge in [-0.25, -0.2) is 0 Å². The zero-order valence-corrected chi connectivity index (χ0v) is 13.3. The number of alkyl halides is 4. The Hall–Kier alpha value is -0.990. The molecule has 0 fully saturated rings. The van der Waals surface area contributed by atoms with Crippen LogP contribution in [-0.2, 0) is 9.47 Å². The van der Waals surface area contributed by atoms with E-state index in [4.69, 9.17) is 14.2 Å². The van der Waals surface area contributed by atoms with Crippen LogP contribution in [0.25, 0.3) is 0 Å². The van der Waals surface area contributed by atoms with Gasteiger partial charge in [-0.05, 0) is 26.0 Å². The van der Waals surface area contributed by atoms with Gasteiger partial charge in [0.15, 0.2) is 17.8 Å². The Balaban J connectivity index is 3.17. The first-order valence-corrected chi connectivity index (χ1v) is 7.03. The summed E-state index contributed by atoms with van der Waals surface area (Å²) in [4.78, 5) is 0. The Kier molecular flexibility index (Phi) is 6.76. The molecule has 0 amide bonds. The molecule has 21 heavy (non-hydrogen) atoms. The fourth-order valence-corrected chi connectivity index (χ4v) is 1.86. The van der Waals surface area contributed by atoms with E-state index in [1.165, 1.54) is 13.2 Å². The second-order valence-corrected chi connectivity index (χ2v) is 5.18. The minimum atomic E-state index is -4.81. The third-order valence-corrected chi connectivity index (χ3v) is 2.54. The van der Waals surface area contributed by atoms with Gasteiger partial charge in [0.25, 0.3) is 0 Å². The highest BCUT2D eigenvalue weighted by molar-refractivity contribution is 9.09. The van der Waals surface area contributed by atoms with Crippen molar-refractivity contribution in [1.82, 2.24) is 0 Å². The van der Waals surface area contributed by atoms with Crippen LogP contribution in [0.2, 0.25) is 0 Å². The highest BCUT2D eigenvalue weighted by atomic mass is 79.9. The molecule has 0 radical (unpaired) electrons. The second-order valence-electron chi connectivity index (χ2n) is 3.89. The summed E-state index contributed by atoms with van der Waals surface area (Å²) >= 11 is 3.20. The number of methoxy groups -OCH3 is 1. The second kappa shape index (κ2) is 7.86. The van der Waals surface area contributed by atoms with Crippen molar-refractivity contribution in [3.05, 3.63) is 23.8 Å². The van der Waals surface area contributed by atoms with Crippen molar-refractivity contribution in [3.8, 4) is 11.5 Å². The third kappa shape index (κ3) is 5.72. The van der Waals surface area contributed by atoms with Crippen LogP contribution in [0.4, 0.5) is 13.2 Å². The molecule has 0 aliphatic carbocycles. The van der Waals surface area contributed by atoms with E-state index in [2.05, 4.69) is 20.7 Å². The monoisotopic (exact) mass is 372 g/mol. The smallest absolute Gasteiger partial charge is 0.492 e. The molecule has 2 unspecified atom stereocenters. The minimum absolute atomic E-state index is 0.0820. The molecule has 0 bridgehead atoms. The molecule has 0 aliphatic heterocycles. The van der Waals surface area contributed by atoms with E-state index in [9.17, 15) is 13.2 Å². The molecule has 0 saturated heterocycles. The molecular formula is C13H16BrF3O4. The maximum atomic E-state index is 12.4. The molecule has 4 nitrogen and oxygen atoms in total. The molecule has 0 N–H and O–H groups in total. The molecule has 0 aromatic heterocycles. The average Bonchev–Trinajstić information content (AvgIpc) is 2.35. The van der Waals surface area contributed by atoms with E-state index in [-0.39, 0.29) is 10.8 Å². The maximum Gasteiger partial charge on any atom is 0.573 e. The van der Waals surface area contributed by atoms with Crippen molar-refractivity contribution in [2.75, 3.05) is 13.7 Å². The number of hydrogen-bond donors (Lipinski definition) is 0. The zero-order chi connectivity index (χ0) is 16.0. The first-order chi connectivity index (χ1) is 9.78. The summed E-state index contributed by atoms with van der Waals surface area (Å²) in [5.41, 5.74) is 0.312. The molecule has 1 aromatic rings. The molecule has 0 saturated carbocycles. The molecule has 0 heterocycles. The fourth-order valence-electron chi connectivity index (χ4n) is 1.67. The third-order valence-electron chi connectivity index (χ3n) is 2.32. The molecule has 1 aromatic carbocycles. The maximum absolute atomic E-state index is 12.4. The van der Waals surface area contributed by atoms with Crippen molar-refractivity contribution in [2.45, 2.75) is 31.5 Å². The normalized spacial score (nSPS) is 14.6. The van der Waals surface area contributed by atoms with E-state index >= 15 is 0 Å². The topological polar surface area (TPSA) is 36.9 Å². The Morgan fingerprint density at radius 2 is 1.95 bits per heavy atom. The lowest BCUT2D eigenvalue weighted by Crippen LogP contribution is -2.19. The first kappa shape index (κ1) is 18.1. The van der Waals surface area contributed by atoms with Gasteiger partial charge in [-0.3, -0.25) is 0 Å². The Morgan fingerprint density at radius 3 is 2.43 bits per heavy atom. The van der Waals surface area contributed by atoms with Crippen LogP contribution in [0.1, 0.15) is 25.7 Å². The van der Waals surface area contributed by atoms with Crippen LogP contribution in [0.15, 0.2) is 18.2 Å². The van der Waals surface area contributed by atoms with E-state index in [0.717, 1.165) is 6.07 Å². The van der Waals surface area contributed by atoms with Crippen molar-refractivity contribution >= 4 is 15.9 Å². The summed E-state index contributed by atoms with van der Waals surface area (Å²) in [6.07, 6.45) is -5.69. The zero-order valence-electron chi connectivity index (χ0n) is 11.7. The Morgan fingerprint density at radius 1 is 1.29 bits per heavy atom. The van der Waals surface area contributed by atoms with E-state index in [1.807, 2.05) is 0 Å². The van der Waals surface area contributed by atoms with Crippen molar-refractivity contribution < 1.29 is 32.1 Å². The number of benzene rings is 1. The highest BCUT2D eigenvalue weighted by Gasteiger charge is 2.33. The van der Waals surface area contributed by atoms with Crippen LogP contribution in [-0.4, -0.2) is 25.1 Å². The van der Waals surface area contributed by atoms with Gasteiger partial charge in [-0.1, -0.05) is 22.0 Å². The van der Waals surface area contributed by atoms with Crippen molar-refractivity contribution in [1.29, 1.82) is 0 Å². The first-order valence-electron chi connectivity index (χ1n) is 6.12. The standard InChI is InChI=1S/C13H16BrF3O4/c1-4-19-12(20-8(2)14)9-6-5-7-10(11(9)18-3)21-13(15,16)17/h5-8,12H,4H2,1-3H3. The lowest BCUT2D eigenvalue weighted by molar-refractivity contribution is -0.275. The number of hydrogen-bond acceptors (Lipinski definition) is 4. The van der Waals surface area contributed by atoms with Gasteiger partial charge in [0.05, 0.1) is 12.7 Å². The van der Waals surface area contributed by atoms with Gasteiger partial charge in [0.1, 0.15) is 5.01 Å². The lowest BCUT2D eigenvalue weighted by Gasteiger charge is -2.23. The van der Waals surface area contributed by atoms with Crippen LogP contribution in [0.3, 0.4) is 0 Å².